The second-order valence-corrected chi connectivity index (χ2v) is 7.76. The molecule has 0 heterocycles. The zero-order valence-corrected chi connectivity index (χ0v) is 15.4. The van der Waals surface area contributed by atoms with Crippen molar-refractivity contribution >= 4 is 5.78 Å². The number of unbranched alkanes of at least 4 members (excludes halogenated alkanes) is 1. The Morgan fingerprint density at radius 1 is 1.12 bits per heavy atom. The van der Waals surface area contributed by atoms with Gasteiger partial charge in [-0.2, -0.15) is 0 Å². The first-order valence-corrected chi connectivity index (χ1v) is 9.92. The highest BCUT2D eigenvalue weighted by atomic mass is 16.5. The maximum absolute atomic E-state index is 11.6. The third-order valence-electron chi connectivity index (χ3n) is 6.28. The van der Waals surface area contributed by atoms with Gasteiger partial charge in [0.2, 0.25) is 0 Å². The molecule has 0 radical (unpaired) electrons. The average Bonchev–Trinajstić information content (AvgIpc) is 2.61. The number of ether oxygens (including phenoxy) is 1. The van der Waals surface area contributed by atoms with E-state index in [-0.39, 0.29) is 11.4 Å². The van der Waals surface area contributed by atoms with Gasteiger partial charge in [0.05, 0.1) is 5.60 Å². The molecule has 0 saturated heterocycles. The molecule has 3 rings (SSSR count). The number of rotatable bonds is 6. The first kappa shape index (κ1) is 17.7. The molecule has 132 valence electrons. The summed E-state index contributed by atoms with van der Waals surface area (Å²) in [5, 5.41) is 0. The standard InChI is InChI=1S/C22H32O2/c1-3-4-16-24-22-15-6-5-8-20(22)9-7-10-21(22)19-13-11-18(12-14-19)17(2)23/h11-14,20-21H,3-10,15-16H2,1-2H3/t20-,21?,22-/m1/s1. The number of benzene rings is 1. The Morgan fingerprint density at radius 2 is 1.88 bits per heavy atom. The maximum Gasteiger partial charge on any atom is 0.159 e. The van der Waals surface area contributed by atoms with Crippen LogP contribution >= 0.6 is 0 Å². The molecular formula is C22H32O2. The van der Waals surface area contributed by atoms with Gasteiger partial charge in [-0.25, -0.2) is 0 Å². The van der Waals surface area contributed by atoms with Crippen LogP contribution in [0.5, 0.6) is 0 Å². The van der Waals surface area contributed by atoms with Crippen molar-refractivity contribution in [3.8, 4) is 0 Å². The molecule has 2 heteroatoms. The van der Waals surface area contributed by atoms with Gasteiger partial charge >= 0.3 is 0 Å². The van der Waals surface area contributed by atoms with Crippen molar-refractivity contribution in [2.75, 3.05) is 6.61 Å². The van der Waals surface area contributed by atoms with Crippen molar-refractivity contribution in [1.29, 1.82) is 0 Å². The summed E-state index contributed by atoms with van der Waals surface area (Å²) in [5.41, 5.74) is 2.24. The van der Waals surface area contributed by atoms with E-state index in [2.05, 4.69) is 19.1 Å². The Morgan fingerprint density at radius 3 is 2.58 bits per heavy atom. The highest BCUT2D eigenvalue weighted by molar-refractivity contribution is 5.94. The Kier molecular flexibility index (Phi) is 5.76. The zero-order chi connectivity index (χ0) is 17.0. The van der Waals surface area contributed by atoms with Crippen LogP contribution in [0.4, 0.5) is 0 Å². The molecule has 0 amide bonds. The van der Waals surface area contributed by atoms with E-state index >= 15 is 0 Å². The fraction of sp³-hybridized carbons (Fsp3) is 0.682. The molecule has 1 unspecified atom stereocenters. The molecule has 2 fully saturated rings. The van der Waals surface area contributed by atoms with E-state index in [1.807, 2.05) is 12.1 Å². The van der Waals surface area contributed by atoms with Gasteiger partial charge in [-0.1, -0.05) is 56.9 Å². The van der Waals surface area contributed by atoms with Crippen LogP contribution in [-0.4, -0.2) is 18.0 Å². The zero-order valence-electron chi connectivity index (χ0n) is 15.4. The summed E-state index contributed by atoms with van der Waals surface area (Å²) in [6.45, 7) is 4.77. The SMILES string of the molecule is CCCCO[C@]12CCCC[C@@H]1CCCC2c1ccc(C(C)=O)cc1. The normalized spacial score (nSPS) is 29.9. The minimum atomic E-state index is 0.0450. The van der Waals surface area contributed by atoms with Gasteiger partial charge in [-0.05, 0) is 50.5 Å². The summed E-state index contributed by atoms with van der Waals surface area (Å²) in [5.74, 6) is 1.36. The fourth-order valence-electron chi connectivity index (χ4n) is 5.00. The minimum Gasteiger partial charge on any atom is -0.374 e. The van der Waals surface area contributed by atoms with Gasteiger partial charge in [0, 0.05) is 18.1 Å². The molecule has 3 atom stereocenters. The number of carbonyl (C=O) groups is 1. The molecule has 1 aromatic carbocycles. The second kappa shape index (κ2) is 7.82. The highest BCUT2D eigenvalue weighted by Gasteiger charge is 2.49. The smallest absolute Gasteiger partial charge is 0.159 e. The van der Waals surface area contributed by atoms with E-state index in [1.54, 1.807) is 6.92 Å². The Hall–Kier alpha value is -1.15. The lowest BCUT2D eigenvalue weighted by Gasteiger charge is -2.52. The van der Waals surface area contributed by atoms with E-state index < -0.39 is 0 Å². The number of hydrogen-bond donors (Lipinski definition) is 0. The van der Waals surface area contributed by atoms with E-state index in [0.717, 1.165) is 18.6 Å². The van der Waals surface area contributed by atoms with Crippen LogP contribution in [0.3, 0.4) is 0 Å². The first-order chi connectivity index (χ1) is 11.7. The van der Waals surface area contributed by atoms with Crippen LogP contribution in [0.2, 0.25) is 0 Å². The van der Waals surface area contributed by atoms with E-state index in [0.29, 0.717) is 11.8 Å². The molecule has 0 N–H and O–H groups in total. The molecule has 0 aliphatic heterocycles. The molecule has 2 aliphatic rings. The van der Waals surface area contributed by atoms with Crippen molar-refractivity contribution < 1.29 is 9.53 Å². The molecule has 24 heavy (non-hydrogen) atoms. The molecule has 2 aliphatic carbocycles. The van der Waals surface area contributed by atoms with Gasteiger partial charge in [0.1, 0.15) is 0 Å². The molecule has 1 aromatic rings. The van der Waals surface area contributed by atoms with Gasteiger partial charge in [-0.3, -0.25) is 4.79 Å². The van der Waals surface area contributed by atoms with Crippen LogP contribution < -0.4 is 0 Å². The largest absolute Gasteiger partial charge is 0.374 e. The average molecular weight is 328 g/mol. The van der Waals surface area contributed by atoms with Crippen LogP contribution in [0.15, 0.2) is 24.3 Å². The number of fused-ring (bicyclic) bond motifs is 1. The predicted octanol–water partition coefficient (Wildman–Crippen LogP) is 5.90. The summed E-state index contributed by atoms with van der Waals surface area (Å²) in [6, 6.07) is 8.38. The second-order valence-electron chi connectivity index (χ2n) is 7.76. The summed E-state index contributed by atoms with van der Waals surface area (Å²) >= 11 is 0. The number of ketones is 1. The third-order valence-corrected chi connectivity index (χ3v) is 6.28. The van der Waals surface area contributed by atoms with Crippen molar-refractivity contribution in [2.45, 2.75) is 83.2 Å². The number of Topliss-reactive ketones (excluding diaryl/α,β-unsaturated/α-hetero) is 1. The molecule has 2 saturated carbocycles. The fourth-order valence-corrected chi connectivity index (χ4v) is 5.00. The van der Waals surface area contributed by atoms with Crippen molar-refractivity contribution in [3.05, 3.63) is 35.4 Å². The molecule has 0 aromatic heterocycles. The molecule has 0 bridgehead atoms. The minimum absolute atomic E-state index is 0.0450. The third kappa shape index (κ3) is 3.44. The van der Waals surface area contributed by atoms with Crippen molar-refractivity contribution in [2.24, 2.45) is 5.92 Å². The van der Waals surface area contributed by atoms with Crippen LogP contribution in [-0.2, 0) is 4.74 Å². The number of hydrogen-bond acceptors (Lipinski definition) is 2. The predicted molar refractivity (Wildman–Crippen MR) is 98.6 cm³/mol. The lowest BCUT2D eigenvalue weighted by molar-refractivity contribution is -0.143. The molecule has 2 nitrogen and oxygen atoms in total. The van der Waals surface area contributed by atoms with Gasteiger partial charge < -0.3 is 4.74 Å². The Labute approximate surface area is 147 Å². The van der Waals surface area contributed by atoms with E-state index in [9.17, 15) is 4.79 Å². The van der Waals surface area contributed by atoms with Crippen molar-refractivity contribution in [3.63, 3.8) is 0 Å². The molecule has 0 spiro atoms. The van der Waals surface area contributed by atoms with Crippen molar-refractivity contribution in [1.82, 2.24) is 0 Å². The van der Waals surface area contributed by atoms with Crippen LogP contribution in [0, 0.1) is 5.92 Å². The topological polar surface area (TPSA) is 26.3 Å². The first-order valence-electron chi connectivity index (χ1n) is 9.92. The highest BCUT2D eigenvalue weighted by Crippen LogP contribution is 2.53. The lowest BCUT2D eigenvalue weighted by Crippen LogP contribution is -2.51. The van der Waals surface area contributed by atoms with Gasteiger partial charge in [0.15, 0.2) is 5.78 Å². The van der Waals surface area contributed by atoms with Gasteiger partial charge in [-0.15, -0.1) is 0 Å². The maximum atomic E-state index is 11.6. The van der Waals surface area contributed by atoms with E-state index in [1.165, 1.54) is 56.9 Å². The van der Waals surface area contributed by atoms with E-state index in [4.69, 9.17) is 4.74 Å². The Balaban J connectivity index is 1.88. The molecular weight excluding hydrogens is 296 g/mol. The Bertz CT molecular complexity index is 546. The summed E-state index contributed by atoms with van der Waals surface area (Å²) < 4.78 is 6.69. The van der Waals surface area contributed by atoms with Gasteiger partial charge in [0.25, 0.3) is 0 Å². The van der Waals surface area contributed by atoms with Crippen LogP contribution in [0.25, 0.3) is 0 Å². The lowest BCUT2D eigenvalue weighted by atomic mass is 9.60. The number of carbonyl (C=O) groups excluding carboxylic acids is 1. The monoisotopic (exact) mass is 328 g/mol. The summed E-state index contributed by atoms with van der Waals surface area (Å²) in [7, 11) is 0. The summed E-state index contributed by atoms with van der Waals surface area (Å²) in [6.07, 6.45) is 11.4. The van der Waals surface area contributed by atoms with Crippen LogP contribution in [0.1, 0.15) is 93.5 Å². The quantitative estimate of drug-likeness (QED) is 0.480. The summed E-state index contributed by atoms with van der Waals surface area (Å²) in [4.78, 5) is 11.6.